The van der Waals surface area contributed by atoms with Crippen molar-refractivity contribution in [3.63, 3.8) is 0 Å². The van der Waals surface area contributed by atoms with Crippen LogP contribution in [0.2, 0.25) is 0 Å². The third kappa shape index (κ3) is 6.53. The molecule has 0 aliphatic carbocycles. The van der Waals surface area contributed by atoms with Crippen LogP contribution in [0.5, 0.6) is 0 Å². The number of hydrogen-bond acceptors (Lipinski definition) is 4. The first-order valence-corrected chi connectivity index (χ1v) is 21.3. The average molecular weight is 804 g/mol. The summed E-state index contributed by atoms with van der Waals surface area (Å²) in [5.41, 5.74) is 13.4. The summed E-state index contributed by atoms with van der Waals surface area (Å²) in [6, 6.07) is 78.7. The van der Waals surface area contributed by atoms with Crippen molar-refractivity contribution >= 4 is 43.5 Å². The maximum absolute atomic E-state index is 6.80. The molecule has 12 aromatic rings. The second kappa shape index (κ2) is 15.2. The molecule has 12 rings (SSSR count). The Balaban J connectivity index is 1.01. The predicted octanol–water partition coefficient (Wildman–Crippen LogP) is 15.7. The highest BCUT2D eigenvalue weighted by molar-refractivity contribution is 6.15. The van der Waals surface area contributed by atoms with E-state index in [1.165, 1.54) is 21.9 Å². The maximum atomic E-state index is 6.80. The van der Waals surface area contributed by atoms with Crippen molar-refractivity contribution in [2.24, 2.45) is 0 Å². The Morgan fingerprint density at radius 1 is 0.270 bits per heavy atom. The van der Waals surface area contributed by atoms with Crippen LogP contribution in [-0.4, -0.2) is 15.0 Å². The standard InChI is InChI=1S/C59H37N3O/c1-3-13-38(14-4-1)40-27-34-45(35-28-40)57-60-58(50-23-10-19-42-33-36-46(37-53(42)50)39-15-5-2-6-16-39)62-59(61-57)52-25-12-26-54-55(52)51-24-11-22-49(56(51)63-54)44-31-29-43(30-32-44)48-21-9-18-41-17-7-8-20-47(41)48/h1-37H. The zero-order valence-corrected chi connectivity index (χ0v) is 34.1. The number of fused-ring (bicyclic) bond motifs is 5. The molecule has 0 bridgehead atoms. The van der Waals surface area contributed by atoms with Crippen LogP contribution in [0.1, 0.15) is 0 Å². The van der Waals surface area contributed by atoms with Crippen LogP contribution in [0.4, 0.5) is 0 Å². The molecule has 2 heterocycles. The normalized spacial score (nSPS) is 11.5. The molecule has 0 spiro atoms. The first kappa shape index (κ1) is 36.4. The van der Waals surface area contributed by atoms with Crippen molar-refractivity contribution in [3.8, 4) is 78.7 Å². The minimum absolute atomic E-state index is 0.580. The van der Waals surface area contributed by atoms with Gasteiger partial charge in [0.25, 0.3) is 0 Å². The lowest BCUT2D eigenvalue weighted by atomic mass is 9.95. The Bertz CT molecular complexity index is 3650. The molecule has 63 heavy (non-hydrogen) atoms. The maximum Gasteiger partial charge on any atom is 0.164 e. The lowest BCUT2D eigenvalue weighted by molar-refractivity contribution is 0.670. The van der Waals surface area contributed by atoms with Crippen molar-refractivity contribution in [1.29, 1.82) is 0 Å². The molecule has 0 aliphatic heterocycles. The zero-order chi connectivity index (χ0) is 41.7. The average Bonchev–Trinajstić information content (AvgIpc) is 3.76. The smallest absolute Gasteiger partial charge is 0.164 e. The van der Waals surface area contributed by atoms with Crippen LogP contribution in [0.3, 0.4) is 0 Å². The number of benzene rings is 10. The number of rotatable bonds is 7. The summed E-state index contributed by atoms with van der Waals surface area (Å²) in [4.78, 5) is 15.8. The second-order valence-electron chi connectivity index (χ2n) is 15.9. The van der Waals surface area contributed by atoms with Gasteiger partial charge in [0.2, 0.25) is 0 Å². The first-order valence-electron chi connectivity index (χ1n) is 21.3. The van der Waals surface area contributed by atoms with Crippen LogP contribution in [0.15, 0.2) is 229 Å². The van der Waals surface area contributed by atoms with E-state index < -0.39 is 0 Å². The van der Waals surface area contributed by atoms with Gasteiger partial charge in [-0.3, -0.25) is 0 Å². The Hall–Kier alpha value is -8.47. The quantitative estimate of drug-likeness (QED) is 0.161. The van der Waals surface area contributed by atoms with Gasteiger partial charge in [0.1, 0.15) is 11.2 Å². The van der Waals surface area contributed by atoms with Gasteiger partial charge in [0, 0.05) is 33.0 Å². The Labute approximate surface area is 364 Å². The highest BCUT2D eigenvalue weighted by Gasteiger charge is 2.21. The van der Waals surface area contributed by atoms with E-state index in [-0.39, 0.29) is 0 Å². The third-order valence-electron chi connectivity index (χ3n) is 12.2. The van der Waals surface area contributed by atoms with Crippen LogP contribution in [0, 0.1) is 0 Å². The van der Waals surface area contributed by atoms with Crippen LogP contribution in [-0.2, 0) is 0 Å². The minimum atomic E-state index is 0.580. The molecule has 0 atom stereocenters. The Morgan fingerprint density at radius 3 is 1.51 bits per heavy atom. The number of para-hydroxylation sites is 1. The molecule has 10 aromatic carbocycles. The van der Waals surface area contributed by atoms with Crippen molar-refractivity contribution in [2.75, 3.05) is 0 Å². The van der Waals surface area contributed by atoms with Crippen molar-refractivity contribution in [3.05, 3.63) is 224 Å². The third-order valence-corrected chi connectivity index (χ3v) is 12.2. The topological polar surface area (TPSA) is 51.8 Å². The lowest BCUT2D eigenvalue weighted by Crippen LogP contribution is -2.01. The van der Waals surface area contributed by atoms with E-state index in [9.17, 15) is 0 Å². The fourth-order valence-electron chi connectivity index (χ4n) is 9.03. The highest BCUT2D eigenvalue weighted by Crippen LogP contribution is 2.42. The molecule has 2 aromatic heterocycles. The largest absolute Gasteiger partial charge is 0.455 e. The van der Waals surface area contributed by atoms with Gasteiger partial charge in [0.05, 0.1) is 0 Å². The van der Waals surface area contributed by atoms with Crippen molar-refractivity contribution in [1.82, 2.24) is 15.0 Å². The summed E-state index contributed by atoms with van der Waals surface area (Å²) in [6.45, 7) is 0. The molecule has 0 fully saturated rings. The molecule has 0 saturated carbocycles. The lowest BCUT2D eigenvalue weighted by Gasteiger charge is -2.12. The van der Waals surface area contributed by atoms with Gasteiger partial charge in [-0.2, -0.15) is 0 Å². The Morgan fingerprint density at radius 2 is 0.746 bits per heavy atom. The summed E-state index contributed by atoms with van der Waals surface area (Å²) in [6.07, 6.45) is 0. The van der Waals surface area contributed by atoms with Crippen LogP contribution < -0.4 is 0 Å². The molecular weight excluding hydrogens is 767 g/mol. The molecule has 4 nitrogen and oxygen atoms in total. The molecular formula is C59H37N3O. The zero-order valence-electron chi connectivity index (χ0n) is 34.1. The molecule has 294 valence electrons. The van der Waals surface area contributed by atoms with E-state index in [0.717, 1.165) is 82.8 Å². The minimum Gasteiger partial charge on any atom is -0.455 e. The summed E-state index contributed by atoms with van der Waals surface area (Å²) in [5, 5.41) is 6.63. The van der Waals surface area contributed by atoms with Gasteiger partial charge >= 0.3 is 0 Å². The monoisotopic (exact) mass is 803 g/mol. The van der Waals surface area contributed by atoms with Gasteiger partial charge < -0.3 is 4.42 Å². The fraction of sp³-hybridized carbons (Fsp3) is 0. The summed E-state index contributed by atoms with van der Waals surface area (Å²) in [5.74, 6) is 1.79. The van der Waals surface area contributed by atoms with Crippen molar-refractivity contribution < 1.29 is 4.42 Å². The van der Waals surface area contributed by atoms with Crippen LogP contribution in [0.25, 0.3) is 122 Å². The highest BCUT2D eigenvalue weighted by atomic mass is 16.3. The number of nitrogens with zero attached hydrogens (tertiary/aromatic N) is 3. The molecule has 0 N–H and O–H groups in total. The fourth-order valence-corrected chi connectivity index (χ4v) is 9.03. The van der Waals surface area contributed by atoms with E-state index in [1.54, 1.807) is 0 Å². The second-order valence-corrected chi connectivity index (χ2v) is 15.9. The van der Waals surface area contributed by atoms with Gasteiger partial charge in [-0.1, -0.05) is 212 Å². The molecule has 4 heteroatoms. The first-order chi connectivity index (χ1) is 31.2. The van der Waals surface area contributed by atoms with Crippen LogP contribution >= 0.6 is 0 Å². The van der Waals surface area contributed by atoms with Crippen molar-refractivity contribution in [2.45, 2.75) is 0 Å². The molecule has 0 amide bonds. The number of furan rings is 1. The number of hydrogen-bond donors (Lipinski definition) is 0. The Kier molecular flexibility index (Phi) is 8.79. The SMILES string of the molecule is c1ccc(-c2ccc(-c3nc(-c4cccc5ccc(-c6ccccc6)cc45)nc(-c4cccc5oc6c(-c7ccc(-c8cccc9ccccc89)cc7)cccc6c45)n3)cc2)cc1. The molecule has 0 saturated heterocycles. The molecule has 0 radical (unpaired) electrons. The number of aromatic nitrogens is 3. The van der Waals surface area contributed by atoms with E-state index in [0.29, 0.717) is 17.5 Å². The van der Waals surface area contributed by atoms with E-state index in [1.807, 2.05) is 24.3 Å². The van der Waals surface area contributed by atoms with Gasteiger partial charge in [-0.25, -0.2) is 15.0 Å². The van der Waals surface area contributed by atoms with Gasteiger partial charge in [0.15, 0.2) is 17.5 Å². The van der Waals surface area contributed by atoms with Gasteiger partial charge in [-0.05, 0) is 72.6 Å². The molecule has 0 unspecified atom stereocenters. The predicted molar refractivity (Wildman–Crippen MR) is 260 cm³/mol. The van der Waals surface area contributed by atoms with E-state index in [4.69, 9.17) is 19.4 Å². The van der Waals surface area contributed by atoms with E-state index >= 15 is 0 Å². The summed E-state index contributed by atoms with van der Waals surface area (Å²) >= 11 is 0. The molecule has 0 aliphatic rings. The van der Waals surface area contributed by atoms with Gasteiger partial charge in [-0.15, -0.1) is 0 Å². The summed E-state index contributed by atoms with van der Waals surface area (Å²) in [7, 11) is 0. The van der Waals surface area contributed by atoms with E-state index in [2.05, 4.69) is 200 Å². The summed E-state index contributed by atoms with van der Waals surface area (Å²) < 4.78 is 6.80.